The van der Waals surface area contributed by atoms with Crippen molar-refractivity contribution in [3.63, 3.8) is 0 Å². The molecule has 1 radical (unpaired) electrons. The fraction of sp³-hybridized carbons (Fsp3) is 0.727. The summed E-state index contributed by atoms with van der Waals surface area (Å²) in [5.41, 5.74) is -1.53. The van der Waals surface area contributed by atoms with E-state index in [-0.39, 0.29) is 51.0 Å². The molecule has 0 spiro atoms. The fourth-order valence-corrected chi connectivity index (χ4v) is 1.11. The Bertz CT molecular complexity index is 505. The molecule has 0 saturated carbocycles. The van der Waals surface area contributed by atoms with Crippen LogP contribution in [0.4, 0.5) is 0 Å². The Balaban J connectivity index is -0.000000411. The summed E-state index contributed by atoms with van der Waals surface area (Å²) >= 11 is 0. The molecule has 0 aliphatic heterocycles. The molecule has 0 aliphatic carbocycles. The third kappa shape index (κ3) is 13.7. The SMILES string of the molecule is CC(C)(C)C(=O)/C=C(\O)C(C)(C)C.CC(C)(C)C(=O)/C=C(\O)C(C)(C)C.[Cu]. The van der Waals surface area contributed by atoms with E-state index in [0.29, 0.717) is 0 Å². The second-order valence-electron chi connectivity index (χ2n) is 10.8. The van der Waals surface area contributed by atoms with E-state index in [4.69, 9.17) is 0 Å². The van der Waals surface area contributed by atoms with Crippen LogP contribution in [0, 0.1) is 21.7 Å². The Hall–Kier alpha value is -1.06. The number of hydrogen-bond acceptors (Lipinski definition) is 4. The summed E-state index contributed by atoms with van der Waals surface area (Å²) in [5.74, 6) is 0.208. The first-order valence-electron chi connectivity index (χ1n) is 9.01. The van der Waals surface area contributed by atoms with Crippen molar-refractivity contribution in [2.75, 3.05) is 0 Å². The molecule has 0 aromatic heterocycles. The minimum absolute atomic E-state index is 0. The van der Waals surface area contributed by atoms with Gasteiger partial charge in [0.2, 0.25) is 0 Å². The smallest absolute Gasteiger partial charge is 0.164 e. The molecule has 0 aliphatic rings. The van der Waals surface area contributed by atoms with Gasteiger partial charge in [-0.25, -0.2) is 0 Å². The minimum atomic E-state index is -0.417. The maximum Gasteiger partial charge on any atom is 0.164 e. The molecule has 0 amide bonds. The maximum absolute atomic E-state index is 11.5. The van der Waals surface area contributed by atoms with Crippen molar-refractivity contribution in [3.8, 4) is 0 Å². The predicted octanol–water partition coefficient (Wildman–Crippen LogP) is 6.18. The molecule has 0 rings (SSSR count). The summed E-state index contributed by atoms with van der Waals surface area (Å²) in [6.07, 6.45) is 2.67. The van der Waals surface area contributed by atoms with Gasteiger partial charge in [-0.1, -0.05) is 83.1 Å². The van der Waals surface area contributed by atoms with Crippen molar-refractivity contribution in [1.29, 1.82) is 0 Å². The van der Waals surface area contributed by atoms with Gasteiger partial charge < -0.3 is 10.2 Å². The Morgan fingerprint density at radius 1 is 0.519 bits per heavy atom. The van der Waals surface area contributed by atoms with Crippen LogP contribution in [0.25, 0.3) is 0 Å². The Morgan fingerprint density at radius 3 is 0.815 bits per heavy atom. The van der Waals surface area contributed by atoms with Gasteiger partial charge in [0.1, 0.15) is 11.5 Å². The number of rotatable bonds is 2. The Kier molecular flexibility index (Phi) is 11.9. The van der Waals surface area contributed by atoms with Crippen LogP contribution >= 0.6 is 0 Å². The van der Waals surface area contributed by atoms with E-state index in [0.717, 1.165) is 0 Å². The fourth-order valence-electron chi connectivity index (χ4n) is 1.11. The largest absolute Gasteiger partial charge is 0.512 e. The monoisotopic (exact) mass is 431 g/mol. The normalized spacial score (nSPS) is 13.9. The molecule has 0 heterocycles. The van der Waals surface area contributed by atoms with Gasteiger partial charge in [0.05, 0.1) is 0 Å². The molecule has 0 saturated heterocycles. The molecule has 27 heavy (non-hydrogen) atoms. The van der Waals surface area contributed by atoms with Crippen molar-refractivity contribution in [3.05, 3.63) is 23.7 Å². The molecule has 0 fully saturated rings. The summed E-state index contributed by atoms with van der Waals surface area (Å²) in [7, 11) is 0. The number of carbonyl (C=O) groups is 2. The first-order chi connectivity index (χ1) is 11.1. The van der Waals surface area contributed by atoms with Gasteiger partial charge in [0, 0.05) is 50.9 Å². The first kappa shape index (κ1) is 30.7. The summed E-state index contributed by atoms with van der Waals surface area (Å²) in [6, 6.07) is 0. The molecular formula is C22H40CuO4. The Morgan fingerprint density at radius 2 is 0.704 bits per heavy atom. The van der Waals surface area contributed by atoms with Gasteiger partial charge in [-0.3, -0.25) is 9.59 Å². The van der Waals surface area contributed by atoms with Gasteiger partial charge in [-0.2, -0.15) is 0 Å². The van der Waals surface area contributed by atoms with Crippen LogP contribution in [-0.4, -0.2) is 21.8 Å². The molecule has 0 aromatic rings. The van der Waals surface area contributed by atoms with E-state index in [9.17, 15) is 19.8 Å². The van der Waals surface area contributed by atoms with Crippen molar-refractivity contribution >= 4 is 11.6 Å². The second-order valence-corrected chi connectivity index (χ2v) is 10.8. The molecule has 2 N–H and O–H groups in total. The third-order valence-electron chi connectivity index (χ3n) is 3.55. The molecule has 4 nitrogen and oxygen atoms in total. The molecule has 0 atom stereocenters. The van der Waals surface area contributed by atoms with Crippen LogP contribution in [0.1, 0.15) is 83.1 Å². The molecule has 0 aromatic carbocycles. The third-order valence-corrected chi connectivity index (χ3v) is 3.55. The van der Waals surface area contributed by atoms with Gasteiger partial charge in [0.15, 0.2) is 11.6 Å². The van der Waals surface area contributed by atoms with Crippen LogP contribution in [0.2, 0.25) is 0 Å². The van der Waals surface area contributed by atoms with Crippen molar-refractivity contribution < 1.29 is 36.9 Å². The van der Waals surface area contributed by atoms with Gasteiger partial charge in [0.25, 0.3) is 0 Å². The zero-order valence-electron chi connectivity index (χ0n) is 19.2. The van der Waals surface area contributed by atoms with Gasteiger partial charge >= 0.3 is 0 Å². The number of aliphatic hydroxyl groups excluding tert-OH is 2. The number of ketones is 2. The van der Waals surface area contributed by atoms with Crippen molar-refractivity contribution in [2.45, 2.75) is 83.1 Å². The van der Waals surface area contributed by atoms with Crippen LogP contribution < -0.4 is 0 Å². The summed E-state index contributed by atoms with van der Waals surface area (Å²) in [5, 5.41) is 19.1. The number of aliphatic hydroxyl groups is 2. The number of carbonyl (C=O) groups excluding carboxylic acids is 2. The van der Waals surface area contributed by atoms with Crippen LogP contribution in [0.5, 0.6) is 0 Å². The van der Waals surface area contributed by atoms with Crippen molar-refractivity contribution in [1.82, 2.24) is 0 Å². The van der Waals surface area contributed by atoms with Crippen LogP contribution in [-0.2, 0) is 26.7 Å². The predicted molar refractivity (Wildman–Crippen MR) is 109 cm³/mol. The standard InChI is InChI=1S/2C11H20O2.Cu/c2*1-10(2,3)8(12)7-9(13)11(4,5)6;/h2*7,12H,1-6H3;/b2*8-7-;. The minimum Gasteiger partial charge on any atom is -0.512 e. The van der Waals surface area contributed by atoms with Crippen LogP contribution in [0.3, 0.4) is 0 Å². The van der Waals surface area contributed by atoms with E-state index >= 15 is 0 Å². The van der Waals surface area contributed by atoms with Gasteiger partial charge in [-0.05, 0) is 0 Å². The van der Waals surface area contributed by atoms with Gasteiger partial charge in [-0.15, -0.1) is 0 Å². The number of hydrogen-bond donors (Lipinski definition) is 2. The molecule has 0 bridgehead atoms. The van der Waals surface area contributed by atoms with Crippen LogP contribution in [0.15, 0.2) is 23.7 Å². The summed E-state index contributed by atoms with van der Waals surface area (Å²) in [4.78, 5) is 23.0. The number of allylic oxidation sites excluding steroid dienone is 4. The van der Waals surface area contributed by atoms with E-state index in [1.807, 2.05) is 83.1 Å². The van der Waals surface area contributed by atoms with E-state index < -0.39 is 10.8 Å². The molecule has 5 heteroatoms. The van der Waals surface area contributed by atoms with E-state index in [1.165, 1.54) is 12.2 Å². The van der Waals surface area contributed by atoms with E-state index in [2.05, 4.69) is 0 Å². The second kappa shape index (κ2) is 10.5. The topological polar surface area (TPSA) is 74.6 Å². The first-order valence-corrected chi connectivity index (χ1v) is 9.01. The summed E-state index contributed by atoms with van der Waals surface area (Å²) in [6.45, 7) is 22.2. The Labute approximate surface area is 177 Å². The molecule has 0 unspecified atom stereocenters. The summed E-state index contributed by atoms with van der Waals surface area (Å²) < 4.78 is 0. The zero-order valence-corrected chi connectivity index (χ0v) is 20.1. The van der Waals surface area contributed by atoms with Crippen molar-refractivity contribution in [2.24, 2.45) is 21.7 Å². The zero-order chi connectivity index (χ0) is 21.7. The molecule has 163 valence electrons. The average Bonchev–Trinajstić information content (AvgIpc) is 2.34. The quantitative estimate of drug-likeness (QED) is 0.311. The van der Waals surface area contributed by atoms with E-state index in [1.54, 1.807) is 0 Å². The molecular weight excluding hydrogens is 392 g/mol. The average molecular weight is 432 g/mol. The maximum atomic E-state index is 11.5.